The van der Waals surface area contributed by atoms with Crippen LogP contribution in [0.15, 0.2) is 6.20 Å². The second-order valence-electron chi connectivity index (χ2n) is 3.89. The SMILES string of the molecule is CCOC(=O)CN(C)Cc1cn(C)nc1C. The van der Waals surface area contributed by atoms with E-state index in [4.69, 9.17) is 4.74 Å². The summed E-state index contributed by atoms with van der Waals surface area (Å²) >= 11 is 0. The van der Waals surface area contributed by atoms with E-state index in [0.717, 1.165) is 11.3 Å². The number of hydrogen-bond donors (Lipinski definition) is 0. The second-order valence-corrected chi connectivity index (χ2v) is 3.89. The maximum absolute atomic E-state index is 11.2. The lowest BCUT2D eigenvalue weighted by Crippen LogP contribution is -2.27. The molecule has 0 saturated heterocycles. The molecule has 0 atom stereocenters. The molecule has 0 aliphatic heterocycles. The van der Waals surface area contributed by atoms with E-state index in [1.54, 1.807) is 4.68 Å². The van der Waals surface area contributed by atoms with Gasteiger partial charge in [-0.1, -0.05) is 0 Å². The van der Waals surface area contributed by atoms with Gasteiger partial charge in [-0.2, -0.15) is 5.10 Å². The third-order valence-corrected chi connectivity index (χ3v) is 2.26. The first-order valence-electron chi connectivity index (χ1n) is 5.36. The molecule has 0 aliphatic rings. The summed E-state index contributed by atoms with van der Waals surface area (Å²) in [5.41, 5.74) is 2.13. The molecule has 0 radical (unpaired) electrons. The lowest BCUT2D eigenvalue weighted by atomic mass is 10.2. The Hall–Kier alpha value is -1.36. The highest BCUT2D eigenvalue weighted by Crippen LogP contribution is 2.07. The number of hydrogen-bond acceptors (Lipinski definition) is 4. The number of rotatable bonds is 5. The summed E-state index contributed by atoms with van der Waals surface area (Å²) in [7, 11) is 3.78. The van der Waals surface area contributed by atoms with Gasteiger partial charge >= 0.3 is 5.97 Å². The number of carbonyl (C=O) groups excluding carboxylic acids is 1. The molecule has 5 nitrogen and oxygen atoms in total. The molecule has 5 heteroatoms. The number of esters is 1. The summed E-state index contributed by atoms with van der Waals surface area (Å²) in [4.78, 5) is 13.2. The van der Waals surface area contributed by atoms with Crippen LogP contribution in [0.2, 0.25) is 0 Å². The van der Waals surface area contributed by atoms with Crippen molar-refractivity contribution in [3.8, 4) is 0 Å². The molecule has 0 fully saturated rings. The standard InChI is InChI=1S/C11H19N3O2/c1-5-16-11(15)8-13(3)6-10-7-14(4)12-9(10)2/h7H,5-6,8H2,1-4H3. The quantitative estimate of drug-likeness (QED) is 0.693. The number of aromatic nitrogens is 2. The van der Waals surface area contributed by atoms with Crippen LogP contribution in [0.3, 0.4) is 0 Å². The number of ether oxygens (including phenoxy) is 1. The van der Waals surface area contributed by atoms with Crippen molar-refractivity contribution in [2.75, 3.05) is 20.2 Å². The Morgan fingerprint density at radius 3 is 2.81 bits per heavy atom. The molecule has 0 unspecified atom stereocenters. The van der Waals surface area contributed by atoms with E-state index >= 15 is 0 Å². The van der Waals surface area contributed by atoms with Crippen LogP contribution in [0, 0.1) is 6.92 Å². The Balaban J connectivity index is 2.48. The van der Waals surface area contributed by atoms with E-state index < -0.39 is 0 Å². The van der Waals surface area contributed by atoms with Gasteiger partial charge in [-0.25, -0.2) is 0 Å². The molecule has 0 spiro atoms. The van der Waals surface area contributed by atoms with E-state index in [1.165, 1.54) is 0 Å². The highest BCUT2D eigenvalue weighted by molar-refractivity contribution is 5.71. The van der Waals surface area contributed by atoms with Crippen LogP contribution in [-0.2, 0) is 23.1 Å². The molecule has 0 aromatic carbocycles. The number of carbonyl (C=O) groups is 1. The number of nitrogens with zero attached hydrogens (tertiary/aromatic N) is 3. The Labute approximate surface area is 96.0 Å². The third-order valence-electron chi connectivity index (χ3n) is 2.26. The summed E-state index contributed by atoms with van der Waals surface area (Å²) in [6.45, 7) is 5.22. The van der Waals surface area contributed by atoms with Crippen molar-refractivity contribution in [1.29, 1.82) is 0 Å². The van der Waals surface area contributed by atoms with Crippen LogP contribution in [-0.4, -0.2) is 40.8 Å². The summed E-state index contributed by atoms with van der Waals surface area (Å²) in [5, 5.41) is 4.25. The summed E-state index contributed by atoms with van der Waals surface area (Å²) in [6.07, 6.45) is 1.97. The Morgan fingerprint density at radius 2 is 2.31 bits per heavy atom. The smallest absolute Gasteiger partial charge is 0.320 e. The first-order valence-corrected chi connectivity index (χ1v) is 5.36. The maximum atomic E-state index is 11.2. The van der Waals surface area contributed by atoms with Gasteiger partial charge in [0.05, 0.1) is 18.8 Å². The molecule has 16 heavy (non-hydrogen) atoms. The fourth-order valence-corrected chi connectivity index (χ4v) is 1.58. The minimum atomic E-state index is -0.188. The largest absolute Gasteiger partial charge is 0.465 e. The molecule has 0 amide bonds. The first kappa shape index (κ1) is 12.7. The Bertz CT molecular complexity index is 360. The average molecular weight is 225 g/mol. The van der Waals surface area contributed by atoms with Gasteiger partial charge in [-0.3, -0.25) is 14.4 Å². The van der Waals surface area contributed by atoms with E-state index in [0.29, 0.717) is 19.7 Å². The van der Waals surface area contributed by atoms with E-state index in [1.807, 2.05) is 39.0 Å². The van der Waals surface area contributed by atoms with Crippen LogP contribution >= 0.6 is 0 Å². The van der Waals surface area contributed by atoms with Crippen LogP contribution in [0.5, 0.6) is 0 Å². The van der Waals surface area contributed by atoms with Crippen molar-refractivity contribution in [3.63, 3.8) is 0 Å². The van der Waals surface area contributed by atoms with Crippen LogP contribution in [0.4, 0.5) is 0 Å². The Morgan fingerprint density at radius 1 is 1.62 bits per heavy atom. The van der Waals surface area contributed by atoms with Crippen molar-refractivity contribution < 1.29 is 9.53 Å². The topological polar surface area (TPSA) is 47.4 Å². The van der Waals surface area contributed by atoms with E-state index in [2.05, 4.69) is 5.10 Å². The predicted molar refractivity (Wildman–Crippen MR) is 60.9 cm³/mol. The summed E-state index contributed by atoms with van der Waals surface area (Å²) < 4.78 is 6.66. The number of aryl methyl sites for hydroxylation is 2. The average Bonchev–Trinajstić information content (AvgIpc) is 2.44. The van der Waals surface area contributed by atoms with Gasteiger partial charge in [0, 0.05) is 25.4 Å². The van der Waals surface area contributed by atoms with Crippen LogP contribution in [0.25, 0.3) is 0 Å². The molecule has 90 valence electrons. The minimum Gasteiger partial charge on any atom is -0.465 e. The lowest BCUT2D eigenvalue weighted by molar-refractivity contribution is -0.144. The van der Waals surface area contributed by atoms with Gasteiger partial charge in [0.15, 0.2) is 0 Å². The van der Waals surface area contributed by atoms with Crippen molar-refractivity contribution in [2.24, 2.45) is 7.05 Å². The van der Waals surface area contributed by atoms with Gasteiger partial charge < -0.3 is 4.74 Å². The normalized spacial score (nSPS) is 10.8. The van der Waals surface area contributed by atoms with Gasteiger partial charge in [-0.05, 0) is 20.9 Å². The fourth-order valence-electron chi connectivity index (χ4n) is 1.58. The molecule has 1 heterocycles. The van der Waals surface area contributed by atoms with E-state index in [-0.39, 0.29) is 5.97 Å². The zero-order valence-corrected chi connectivity index (χ0v) is 10.4. The van der Waals surface area contributed by atoms with Crippen LogP contribution in [0.1, 0.15) is 18.2 Å². The summed E-state index contributed by atoms with van der Waals surface area (Å²) in [6, 6.07) is 0. The first-order chi connectivity index (χ1) is 7.52. The Kier molecular flexibility index (Phi) is 4.49. The molecule has 0 bridgehead atoms. The number of likely N-dealkylation sites (N-methyl/N-ethyl adjacent to an activating group) is 1. The fraction of sp³-hybridized carbons (Fsp3) is 0.636. The summed E-state index contributed by atoms with van der Waals surface area (Å²) in [5.74, 6) is -0.188. The van der Waals surface area contributed by atoms with Gasteiger partial charge in [0.2, 0.25) is 0 Å². The highest BCUT2D eigenvalue weighted by Gasteiger charge is 2.10. The van der Waals surface area contributed by atoms with Crippen LogP contribution < -0.4 is 0 Å². The molecular formula is C11H19N3O2. The maximum Gasteiger partial charge on any atom is 0.320 e. The van der Waals surface area contributed by atoms with Crippen molar-refractivity contribution in [2.45, 2.75) is 20.4 Å². The second kappa shape index (κ2) is 5.65. The third kappa shape index (κ3) is 3.66. The molecule has 1 rings (SSSR count). The molecular weight excluding hydrogens is 206 g/mol. The predicted octanol–water partition coefficient (Wildman–Crippen LogP) is 0.723. The lowest BCUT2D eigenvalue weighted by Gasteiger charge is -2.14. The molecule has 1 aromatic rings. The van der Waals surface area contributed by atoms with Gasteiger partial charge in [0.1, 0.15) is 0 Å². The van der Waals surface area contributed by atoms with Gasteiger partial charge in [0.25, 0.3) is 0 Å². The van der Waals surface area contributed by atoms with Gasteiger partial charge in [-0.15, -0.1) is 0 Å². The highest BCUT2D eigenvalue weighted by atomic mass is 16.5. The zero-order chi connectivity index (χ0) is 12.1. The zero-order valence-electron chi connectivity index (χ0n) is 10.4. The monoisotopic (exact) mass is 225 g/mol. The molecule has 0 aliphatic carbocycles. The van der Waals surface area contributed by atoms with Crippen molar-refractivity contribution in [1.82, 2.24) is 14.7 Å². The van der Waals surface area contributed by atoms with Crippen molar-refractivity contribution in [3.05, 3.63) is 17.5 Å². The molecule has 0 saturated carbocycles. The van der Waals surface area contributed by atoms with Crippen molar-refractivity contribution >= 4 is 5.97 Å². The minimum absolute atomic E-state index is 0.188. The van der Waals surface area contributed by atoms with E-state index in [9.17, 15) is 4.79 Å². The molecule has 0 N–H and O–H groups in total. The molecule has 1 aromatic heterocycles.